The summed E-state index contributed by atoms with van der Waals surface area (Å²) < 4.78 is 10.9. The van der Waals surface area contributed by atoms with Crippen molar-refractivity contribution in [3.8, 4) is 5.75 Å². The van der Waals surface area contributed by atoms with E-state index in [0.29, 0.717) is 12.5 Å². The van der Waals surface area contributed by atoms with Crippen LogP contribution in [0.4, 0.5) is 0 Å². The second-order valence-corrected chi connectivity index (χ2v) is 6.11. The number of aromatic nitrogens is 2. The van der Waals surface area contributed by atoms with Crippen LogP contribution >= 0.6 is 11.8 Å². The van der Waals surface area contributed by atoms with Gasteiger partial charge in [-0.25, -0.2) is 0 Å². The molecule has 1 heterocycles. The van der Waals surface area contributed by atoms with Crippen LogP contribution in [0.15, 0.2) is 50.9 Å². The van der Waals surface area contributed by atoms with Gasteiger partial charge in [0.2, 0.25) is 5.89 Å². The van der Waals surface area contributed by atoms with Crippen molar-refractivity contribution in [3.63, 3.8) is 0 Å². The molecule has 0 spiro atoms. The molecule has 0 radical (unpaired) electrons. The Kier molecular flexibility index (Phi) is 5.04. The average molecular weight is 355 g/mol. The molecule has 0 saturated heterocycles. The molecule has 0 saturated carbocycles. The van der Waals surface area contributed by atoms with Crippen molar-refractivity contribution in [2.24, 2.45) is 0 Å². The fraction of sp³-hybridized carbons (Fsp3) is 0.167. The number of thioether (sulfide) groups is 1. The molecule has 3 aromatic rings. The zero-order valence-electron chi connectivity index (χ0n) is 13.7. The molecule has 0 amide bonds. The molecule has 0 N–H and O–H groups in total. The van der Waals surface area contributed by atoms with Gasteiger partial charge in [-0.15, -0.1) is 10.2 Å². The number of fused-ring (bicyclic) bond motifs is 1. The molecule has 2 aromatic carbocycles. The number of carboxylic acid groups (broad SMARTS) is 1. The summed E-state index contributed by atoms with van der Waals surface area (Å²) in [6.07, 6.45) is 1.54. The van der Waals surface area contributed by atoms with E-state index in [9.17, 15) is 9.90 Å². The predicted molar refractivity (Wildman–Crippen MR) is 93.0 cm³/mol. The van der Waals surface area contributed by atoms with Crippen LogP contribution in [0.3, 0.4) is 0 Å². The third kappa shape index (κ3) is 3.83. The van der Waals surface area contributed by atoms with Crippen molar-refractivity contribution in [3.05, 3.63) is 52.8 Å². The fourth-order valence-corrected chi connectivity index (χ4v) is 3.09. The van der Waals surface area contributed by atoms with E-state index in [4.69, 9.17) is 9.15 Å². The van der Waals surface area contributed by atoms with Gasteiger partial charge in [0, 0.05) is 17.2 Å². The van der Waals surface area contributed by atoms with Gasteiger partial charge in [-0.05, 0) is 41.8 Å². The summed E-state index contributed by atoms with van der Waals surface area (Å²) in [5.74, 6) is -0.184. The van der Waals surface area contributed by atoms with Crippen molar-refractivity contribution in [2.45, 2.75) is 19.1 Å². The van der Waals surface area contributed by atoms with Crippen LogP contribution in [0.5, 0.6) is 5.75 Å². The molecule has 7 heteroatoms. The van der Waals surface area contributed by atoms with Gasteiger partial charge in [0.1, 0.15) is 5.75 Å². The zero-order valence-corrected chi connectivity index (χ0v) is 14.5. The fourth-order valence-electron chi connectivity index (χ4n) is 2.39. The van der Waals surface area contributed by atoms with Gasteiger partial charge in [-0.1, -0.05) is 30.3 Å². The van der Waals surface area contributed by atoms with E-state index in [-0.39, 0.29) is 10.1 Å². The summed E-state index contributed by atoms with van der Waals surface area (Å²) in [5.41, 5.74) is 0.738. The predicted octanol–water partition coefficient (Wildman–Crippen LogP) is 2.81. The highest BCUT2D eigenvalue weighted by Crippen LogP contribution is 2.32. The average Bonchev–Trinajstić information content (AvgIpc) is 3.01. The van der Waals surface area contributed by atoms with E-state index in [2.05, 4.69) is 10.2 Å². The van der Waals surface area contributed by atoms with Crippen molar-refractivity contribution >= 4 is 34.6 Å². The van der Waals surface area contributed by atoms with E-state index in [1.54, 1.807) is 6.92 Å². The highest BCUT2D eigenvalue weighted by molar-refractivity contribution is 8.03. The number of carbonyl (C=O) groups excluding carboxylic acids is 1. The number of aryl methyl sites for hydroxylation is 1. The van der Waals surface area contributed by atoms with Crippen molar-refractivity contribution < 1.29 is 19.1 Å². The normalized spacial score (nSPS) is 11.7. The van der Waals surface area contributed by atoms with Crippen LogP contribution in [0.1, 0.15) is 18.4 Å². The quantitative estimate of drug-likeness (QED) is 0.496. The molecule has 3 rings (SSSR count). The van der Waals surface area contributed by atoms with Gasteiger partial charge < -0.3 is 19.1 Å². The van der Waals surface area contributed by atoms with E-state index in [1.807, 2.05) is 43.3 Å². The van der Waals surface area contributed by atoms with E-state index >= 15 is 0 Å². The standard InChI is InChI=1S/C18H16N2O4S/c1-3-23-15-9-8-12(13-6-4-5-7-14(13)15)10-16(17(21)22)25-18-20-19-11(2)24-18/h4-10H,3H2,1-2H3,(H,21,22)/p-1/b16-10-. The van der Waals surface area contributed by atoms with Gasteiger partial charge >= 0.3 is 0 Å². The van der Waals surface area contributed by atoms with Gasteiger partial charge in [-0.3, -0.25) is 0 Å². The van der Waals surface area contributed by atoms with Crippen molar-refractivity contribution in [1.82, 2.24) is 10.2 Å². The first-order chi connectivity index (χ1) is 12.1. The molecule has 0 aliphatic heterocycles. The Bertz CT molecular complexity index is 949. The van der Waals surface area contributed by atoms with Crippen LogP contribution in [0.25, 0.3) is 16.8 Å². The lowest BCUT2D eigenvalue weighted by molar-refractivity contribution is -0.298. The minimum absolute atomic E-state index is 0.0158. The summed E-state index contributed by atoms with van der Waals surface area (Å²) in [4.78, 5) is 11.5. The van der Waals surface area contributed by atoms with Gasteiger partial charge in [0.05, 0.1) is 12.6 Å². The molecular weight excluding hydrogens is 340 g/mol. The largest absolute Gasteiger partial charge is 0.544 e. The topological polar surface area (TPSA) is 88.3 Å². The minimum atomic E-state index is -1.31. The van der Waals surface area contributed by atoms with Crippen LogP contribution in [0, 0.1) is 6.92 Å². The monoisotopic (exact) mass is 355 g/mol. The molecule has 1 aromatic heterocycles. The Balaban J connectivity index is 2.05. The van der Waals surface area contributed by atoms with Gasteiger partial charge in [-0.2, -0.15) is 0 Å². The molecule has 0 unspecified atom stereocenters. The maximum atomic E-state index is 11.5. The number of benzene rings is 2. The smallest absolute Gasteiger partial charge is 0.281 e. The molecule has 0 atom stereocenters. The summed E-state index contributed by atoms with van der Waals surface area (Å²) >= 11 is 0.863. The Hall–Kier alpha value is -2.80. The first-order valence-corrected chi connectivity index (χ1v) is 8.45. The molecule has 0 aliphatic rings. The number of hydrogen-bond donors (Lipinski definition) is 0. The summed E-state index contributed by atoms with van der Waals surface area (Å²) in [5, 5.41) is 21.0. The number of carboxylic acids is 1. The SMILES string of the molecule is CCOc1ccc(/C=C(\Sc2nnc(C)o2)C(=O)[O-])c2ccccc12. The van der Waals surface area contributed by atoms with Gasteiger partial charge in [0.25, 0.3) is 5.22 Å². The maximum Gasteiger partial charge on any atom is 0.281 e. The molecule has 6 nitrogen and oxygen atoms in total. The third-order valence-electron chi connectivity index (χ3n) is 3.41. The van der Waals surface area contributed by atoms with E-state index in [1.165, 1.54) is 6.08 Å². The Morgan fingerprint density at radius 3 is 2.64 bits per heavy atom. The highest BCUT2D eigenvalue weighted by Gasteiger charge is 2.11. The van der Waals surface area contributed by atoms with Gasteiger partial charge in [0.15, 0.2) is 0 Å². The Morgan fingerprint density at radius 2 is 2.00 bits per heavy atom. The van der Waals surface area contributed by atoms with Crippen molar-refractivity contribution in [1.29, 1.82) is 0 Å². The molecule has 0 aliphatic carbocycles. The van der Waals surface area contributed by atoms with Crippen LogP contribution in [-0.2, 0) is 4.79 Å². The van der Waals surface area contributed by atoms with E-state index < -0.39 is 5.97 Å². The first kappa shape index (κ1) is 17.0. The number of aliphatic carboxylic acids is 1. The zero-order chi connectivity index (χ0) is 17.8. The minimum Gasteiger partial charge on any atom is -0.544 e. The second-order valence-electron chi connectivity index (χ2n) is 5.12. The number of nitrogens with zero attached hydrogens (tertiary/aromatic N) is 2. The lowest BCUT2D eigenvalue weighted by Crippen LogP contribution is -2.23. The number of rotatable bonds is 6. The van der Waals surface area contributed by atoms with E-state index in [0.717, 1.165) is 33.8 Å². The highest BCUT2D eigenvalue weighted by atomic mass is 32.2. The molecular formula is C18H15N2O4S-. The number of hydrogen-bond acceptors (Lipinski definition) is 7. The molecule has 0 bridgehead atoms. The van der Waals surface area contributed by atoms with Crippen LogP contribution < -0.4 is 9.84 Å². The summed E-state index contributed by atoms with van der Waals surface area (Å²) in [6, 6.07) is 11.3. The summed E-state index contributed by atoms with van der Waals surface area (Å²) in [6.45, 7) is 4.11. The van der Waals surface area contributed by atoms with Crippen molar-refractivity contribution in [2.75, 3.05) is 6.61 Å². The number of carbonyl (C=O) groups is 1. The van der Waals surface area contributed by atoms with Crippen LogP contribution in [0.2, 0.25) is 0 Å². The molecule has 128 valence electrons. The second kappa shape index (κ2) is 7.40. The lowest BCUT2D eigenvalue weighted by atomic mass is 10.0. The lowest BCUT2D eigenvalue weighted by Gasteiger charge is -2.11. The molecule has 0 fully saturated rings. The number of ether oxygens (including phenoxy) is 1. The summed E-state index contributed by atoms with van der Waals surface area (Å²) in [7, 11) is 0. The molecule has 25 heavy (non-hydrogen) atoms. The third-order valence-corrected chi connectivity index (χ3v) is 4.25. The van der Waals surface area contributed by atoms with Crippen LogP contribution in [-0.4, -0.2) is 22.8 Å². The maximum absolute atomic E-state index is 11.5. The Morgan fingerprint density at radius 1 is 1.24 bits per heavy atom. The Labute approximate surface area is 148 Å². The first-order valence-electron chi connectivity index (χ1n) is 7.64.